The SMILES string of the molecule is Cc1ccc(NC(C)Cn2cccn2)cc1N. The van der Waals surface area contributed by atoms with E-state index in [9.17, 15) is 0 Å². The first-order valence-electron chi connectivity index (χ1n) is 5.75. The molecule has 4 nitrogen and oxygen atoms in total. The van der Waals surface area contributed by atoms with Gasteiger partial charge in [0.25, 0.3) is 0 Å². The molecule has 1 atom stereocenters. The lowest BCUT2D eigenvalue weighted by Crippen LogP contribution is -2.22. The Morgan fingerprint density at radius 1 is 1.47 bits per heavy atom. The fourth-order valence-electron chi connectivity index (χ4n) is 1.75. The van der Waals surface area contributed by atoms with Gasteiger partial charge in [0.15, 0.2) is 0 Å². The van der Waals surface area contributed by atoms with Crippen molar-refractivity contribution in [2.24, 2.45) is 0 Å². The van der Waals surface area contributed by atoms with E-state index in [-0.39, 0.29) is 0 Å². The number of hydrogen-bond acceptors (Lipinski definition) is 3. The van der Waals surface area contributed by atoms with Crippen LogP contribution in [-0.2, 0) is 6.54 Å². The van der Waals surface area contributed by atoms with Crippen LogP contribution in [0, 0.1) is 6.92 Å². The standard InChI is InChI=1S/C13H18N4/c1-10-4-5-12(8-13(10)14)16-11(2)9-17-7-3-6-15-17/h3-8,11,16H,9,14H2,1-2H3. The summed E-state index contributed by atoms with van der Waals surface area (Å²) in [6.07, 6.45) is 3.75. The van der Waals surface area contributed by atoms with E-state index in [0.29, 0.717) is 6.04 Å². The van der Waals surface area contributed by atoms with Crippen LogP contribution in [0.2, 0.25) is 0 Å². The number of nitrogen functional groups attached to an aromatic ring is 1. The van der Waals surface area contributed by atoms with E-state index in [1.165, 1.54) is 0 Å². The van der Waals surface area contributed by atoms with Crippen LogP contribution >= 0.6 is 0 Å². The van der Waals surface area contributed by atoms with Gasteiger partial charge < -0.3 is 11.1 Å². The predicted molar refractivity (Wildman–Crippen MR) is 70.9 cm³/mol. The second-order valence-corrected chi connectivity index (χ2v) is 4.34. The highest BCUT2D eigenvalue weighted by molar-refractivity contribution is 5.58. The van der Waals surface area contributed by atoms with E-state index >= 15 is 0 Å². The van der Waals surface area contributed by atoms with Crippen molar-refractivity contribution in [3.63, 3.8) is 0 Å². The van der Waals surface area contributed by atoms with Gasteiger partial charge in [-0.05, 0) is 37.6 Å². The average molecular weight is 230 g/mol. The highest BCUT2D eigenvalue weighted by Gasteiger charge is 2.04. The third-order valence-corrected chi connectivity index (χ3v) is 2.71. The van der Waals surface area contributed by atoms with Gasteiger partial charge in [0.2, 0.25) is 0 Å². The van der Waals surface area contributed by atoms with Crippen LogP contribution in [0.4, 0.5) is 11.4 Å². The molecule has 0 aliphatic rings. The molecular weight excluding hydrogens is 212 g/mol. The van der Waals surface area contributed by atoms with Gasteiger partial charge in [0.05, 0.1) is 6.54 Å². The Labute approximate surface area is 101 Å². The molecule has 1 aromatic carbocycles. The monoisotopic (exact) mass is 230 g/mol. The van der Waals surface area contributed by atoms with E-state index in [4.69, 9.17) is 5.73 Å². The molecule has 1 unspecified atom stereocenters. The third-order valence-electron chi connectivity index (χ3n) is 2.71. The fourth-order valence-corrected chi connectivity index (χ4v) is 1.75. The molecule has 1 heterocycles. The molecule has 0 amide bonds. The topological polar surface area (TPSA) is 55.9 Å². The van der Waals surface area contributed by atoms with Crippen molar-refractivity contribution < 1.29 is 0 Å². The molecule has 0 bridgehead atoms. The average Bonchev–Trinajstić information content (AvgIpc) is 2.76. The summed E-state index contributed by atoms with van der Waals surface area (Å²) in [4.78, 5) is 0. The van der Waals surface area contributed by atoms with Crippen molar-refractivity contribution in [2.75, 3.05) is 11.1 Å². The first-order valence-corrected chi connectivity index (χ1v) is 5.75. The normalized spacial score (nSPS) is 12.4. The highest BCUT2D eigenvalue weighted by atomic mass is 15.3. The molecule has 0 radical (unpaired) electrons. The summed E-state index contributed by atoms with van der Waals surface area (Å²) < 4.78 is 1.91. The van der Waals surface area contributed by atoms with Crippen LogP contribution in [0.1, 0.15) is 12.5 Å². The van der Waals surface area contributed by atoms with Gasteiger partial charge in [-0.15, -0.1) is 0 Å². The highest BCUT2D eigenvalue weighted by Crippen LogP contribution is 2.17. The molecule has 90 valence electrons. The van der Waals surface area contributed by atoms with E-state index in [1.54, 1.807) is 6.20 Å². The van der Waals surface area contributed by atoms with Crippen molar-refractivity contribution in [1.29, 1.82) is 0 Å². The largest absolute Gasteiger partial charge is 0.398 e. The Kier molecular flexibility index (Phi) is 3.32. The summed E-state index contributed by atoms with van der Waals surface area (Å²) >= 11 is 0. The molecule has 0 spiro atoms. The predicted octanol–water partition coefficient (Wildman–Crippen LogP) is 2.27. The van der Waals surface area contributed by atoms with Gasteiger partial charge in [-0.2, -0.15) is 5.10 Å². The molecular formula is C13H18N4. The molecule has 0 aliphatic carbocycles. The number of nitrogens with one attached hydrogen (secondary N) is 1. The van der Waals surface area contributed by atoms with Gasteiger partial charge >= 0.3 is 0 Å². The number of hydrogen-bond donors (Lipinski definition) is 2. The number of benzene rings is 1. The molecule has 2 rings (SSSR count). The molecule has 0 fully saturated rings. The Hall–Kier alpha value is -1.97. The molecule has 4 heteroatoms. The number of nitrogens with two attached hydrogens (primary N) is 1. The minimum Gasteiger partial charge on any atom is -0.398 e. The Morgan fingerprint density at radius 2 is 2.29 bits per heavy atom. The number of aryl methyl sites for hydroxylation is 1. The summed E-state index contributed by atoms with van der Waals surface area (Å²) in [6, 6.07) is 8.27. The van der Waals surface area contributed by atoms with E-state index in [2.05, 4.69) is 17.3 Å². The summed E-state index contributed by atoms with van der Waals surface area (Å²) in [6.45, 7) is 4.96. The Morgan fingerprint density at radius 3 is 2.94 bits per heavy atom. The molecule has 0 saturated carbocycles. The van der Waals surface area contributed by atoms with Crippen LogP contribution in [0.3, 0.4) is 0 Å². The summed E-state index contributed by atoms with van der Waals surface area (Å²) in [5.74, 6) is 0. The van der Waals surface area contributed by atoms with Gasteiger partial charge in [0.1, 0.15) is 0 Å². The zero-order valence-corrected chi connectivity index (χ0v) is 10.2. The lowest BCUT2D eigenvalue weighted by Gasteiger charge is -2.16. The van der Waals surface area contributed by atoms with Crippen molar-refractivity contribution >= 4 is 11.4 Å². The minimum atomic E-state index is 0.303. The maximum absolute atomic E-state index is 5.87. The lowest BCUT2D eigenvalue weighted by atomic mass is 10.2. The minimum absolute atomic E-state index is 0.303. The van der Waals surface area contributed by atoms with Gasteiger partial charge in [-0.1, -0.05) is 6.07 Å². The molecule has 0 saturated heterocycles. The van der Waals surface area contributed by atoms with Crippen LogP contribution in [0.25, 0.3) is 0 Å². The number of aromatic nitrogens is 2. The number of nitrogens with zero attached hydrogens (tertiary/aromatic N) is 2. The summed E-state index contributed by atoms with van der Waals surface area (Å²) in [5, 5.41) is 7.59. The van der Waals surface area contributed by atoms with E-state index < -0.39 is 0 Å². The Bertz CT molecular complexity index is 476. The quantitative estimate of drug-likeness (QED) is 0.792. The van der Waals surface area contributed by atoms with Crippen molar-refractivity contribution in [3.05, 3.63) is 42.2 Å². The zero-order valence-electron chi connectivity index (χ0n) is 10.2. The first kappa shape index (κ1) is 11.5. The summed E-state index contributed by atoms with van der Waals surface area (Å²) in [7, 11) is 0. The van der Waals surface area contributed by atoms with Crippen LogP contribution in [0.5, 0.6) is 0 Å². The number of rotatable bonds is 4. The zero-order chi connectivity index (χ0) is 12.3. The molecule has 2 aromatic rings. The summed E-state index contributed by atoms with van der Waals surface area (Å²) in [5.41, 5.74) is 8.85. The van der Waals surface area contributed by atoms with Crippen LogP contribution in [-0.4, -0.2) is 15.8 Å². The maximum Gasteiger partial charge on any atom is 0.0608 e. The second kappa shape index (κ2) is 4.91. The van der Waals surface area contributed by atoms with Crippen molar-refractivity contribution in [1.82, 2.24) is 9.78 Å². The second-order valence-electron chi connectivity index (χ2n) is 4.34. The van der Waals surface area contributed by atoms with Gasteiger partial charge in [-0.25, -0.2) is 0 Å². The van der Waals surface area contributed by atoms with Crippen molar-refractivity contribution in [2.45, 2.75) is 26.4 Å². The number of anilines is 2. The van der Waals surface area contributed by atoms with Crippen molar-refractivity contribution in [3.8, 4) is 0 Å². The van der Waals surface area contributed by atoms with E-state index in [1.807, 2.05) is 42.1 Å². The fraction of sp³-hybridized carbons (Fsp3) is 0.308. The Balaban J connectivity index is 1.98. The molecule has 0 aliphatic heterocycles. The third kappa shape index (κ3) is 3.00. The maximum atomic E-state index is 5.87. The lowest BCUT2D eigenvalue weighted by molar-refractivity contribution is 0.561. The molecule has 1 aromatic heterocycles. The molecule has 17 heavy (non-hydrogen) atoms. The smallest absolute Gasteiger partial charge is 0.0608 e. The van der Waals surface area contributed by atoms with E-state index in [0.717, 1.165) is 23.5 Å². The van der Waals surface area contributed by atoms with Crippen LogP contribution in [0.15, 0.2) is 36.7 Å². The van der Waals surface area contributed by atoms with Gasteiger partial charge in [0, 0.05) is 29.8 Å². The van der Waals surface area contributed by atoms with Gasteiger partial charge in [-0.3, -0.25) is 4.68 Å². The first-order chi connectivity index (χ1) is 8.15. The molecule has 3 N–H and O–H groups in total. The van der Waals surface area contributed by atoms with Crippen LogP contribution < -0.4 is 11.1 Å².